The lowest BCUT2D eigenvalue weighted by Gasteiger charge is -2.22. The standard InChI is InChI=1S/C20H19NOS2/c22-24(14-18-13-21-20(23-18)17-11-12-17)19(15-7-3-1-4-8-15)16-9-5-2-6-10-16/h1-10,13,17,19H,11-12,14H2. The molecule has 1 unspecified atom stereocenters. The molecule has 0 bridgehead atoms. The van der Waals surface area contributed by atoms with Gasteiger partial charge in [-0.3, -0.25) is 0 Å². The second-order valence-electron chi connectivity index (χ2n) is 6.17. The van der Waals surface area contributed by atoms with Crippen LogP contribution in [0.15, 0.2) is 66.9 Å². The van der Waals surface area contributed by atoms with Crippen LogP contribution in [-0.2, 0) is 16.9 Å². The molecule has 0 saturated heterocycles. The number of nitrogens with zero attached hydrogens (tertiary/aromatic N) is 1. The normalized spacial score (nSPS) is 15.6. The van der Waals surface area contributed by atoms with E-state index in [-0.39, 0.29) is 5.25 Å². The molecule has 2 nitrogen and oxygen atoms in total. The molecule has 1 aliphatic carbocycles. The first-order chi connectivity index (χ1) is 11.8. The molecular weight excluding hydrogens is 334 g/mol. The molecule has 0 spiro atoms. The number of rotatable bonds is 6. The zero-order valence-corrected chi connectivity index (χ0v) is 14.9. The van der Waals surface area contributed by atoms with E-state index in [9.17, 15) is 4.55 Å². The first-order valence-corrected chi connectivity index (χ1v) is 10.4. The summed E-state index contributed by atoms with van der Waals surface area (Å²) in [6.45, 7) is 0. The lowest BCUT2D eigenvalue weighted by molar-refractivity contribution is 0.587. The van der Waals surface area contributed by atoms with Crippen molar-refractivity contribution in [2.45, 2.75) is 29.8 Å². The van der Waals surface area contributed by atoms with E-state index in [1.165, 1.54) is 17.8 Å². The van der Waals surface area contributed by atoms with Gasteiger partial charge in [-0.15, -0.1) is 11.3 Å². The van der Waals surface area contributed by atoms with E-state index in [0.29, 0.717) is 11.7 Å². The van der Waals surface area contributed by atoms with Gasteiger partial charge in [0.25, 0.3) is 0 Å². The van der Waals surface area contributed by atoms with Crippen molar-refractivity contribution in [3.05, 3.63) is 87.9 Å². The van der Waals surface area contributed by atoms with Gasteiger partial charge in [0.1, 0.15) is 5.75 Å². The second-order valence-corrected chi connectivity index (χ2v) is 8.83. The summed E-state index contributed by atoms with van der Waals surface area (Å²) in [4.78, 5) is 5.65. The molecule has 4 rings (SSSR count). The highest BCUT2D eigenvalue weighted by molar-refractivity contribution is 7.91. The molecule has 0 N–H and O–H groups in total. The zero-order valence-electron chi connectivity index (χ0n) is 13.3. The minimum absolute atomic E-state index is 0.0983. The van der Waals surface area contributed by atoms with Crippen LogP contribution in [0.1, 0.15) is 45.0 Å². The second kappa shape index (κ2) is 7.09. The average Bonchev–Trinajstić information content (AvgIpc) is 3.37. The van der Waals surface area contributed by atoms with E-state index in [2.05, 4.69) is 29.2 Å². The average molecular weight is 354 g/mol. The Kier molecular flexibility index (Phi) is 4.69. The van der Waals surface area contributed by atoms with Crippen molar-refractivity contribution in [1.29, 1.82) is 0 Å². The maximum Gasteiger partial charge on any atom is 0.166 e. The highest BCUT2D eigenvalue weighted by atomic mass is 32.2. The zero-order chi connectivity index (χ0) is 16.4. The minimum atomic E-state index is -1.02. The first-order valence-electron chi connectivity index (χ1n) is 8.23. The van der Waals surface area contributed by atoms with Crippen LogP contribution in [-0.4, -0.2) is 9.54 Å². The Balaban J connectivity index is 1.59. The first kappa shape index (κ1) is 15.9. The van der Waals surface area contributed by atoms with Crippen LogP contribution < -0.4 is 0 Å². The largest absolute Gasteiger partial charge is 0.615 e. The third kappa shape index (κ3) is 3.56. The molecule has 1 aromatic heterocycles. The molecule has 4 heteroatoms. The predicted molar refractivity (Wildman–Crippen MR) is 101 cm³/mol. The maximum atomic E-state index is 13.2. The van der Waals surface area contributed by atoms with Gasteiger partial charge in [0.05, 0.1) is 9.88 Å². The Morgan fingerprint density at radius 3 is 2.12 bits per heavy atom. The third-order valence-electron chi connectivity index (χ3n) is 4.25. The number of hydrogen-bond acceptors (Lipinski definition) is 3. The highest BCUT2D eigenvalue weighted by Crippen LogP contribution is 2.42. The monoisotopic (exact) mass is 353 g/mol. The number of hydrogen-bond donors (Lipinski definition) is 0. The van der Waals surface area contributed by atoms with E-state index in [0.717, 1.165) is 16.0 Å². The van der Waals surface area contributed by atoms with Crippen molar-refractivity contribution >= 4 is 22.5 Å². The van der Waals surface area contributed by atoms with Crippen LogP contribution in [0.3, 0.4) is 0 Å². The molecule has 122 valence electrons. The Morgan fingerprint density at radius 1 is 1.00 bits per heavy atom. The molecule has 24 heavy (non-hydrogen) atoms. The van der Waals surface area contributed by atoms with Gasteiger partial charge in [-0.2, -0.15) is 0 Å². The van der Waals surface area contributed by atoms with E-state index in [1.54, 1.807) is 11.3 Å². The summed E-state index contributed by atoms with van der Waals surface area (Å²) in [5, 5.41) is 1.12. The SMILES string of the molecule is [O-][S+](Cc1cnc(C2CC2)s1)C(c1ccccc1)c1ccccc1. The van der Waals surface area contributed by atoms with Crippen LogP contribution in [0.5, 0.6) is 0 Å². The molecule has 1 fully saturated rings. The third-order valence-corrected chi connectivity index (χ3v) is 7.26. The van der Waals surface area contributed by atoms with Crippen molar-refractivity contribution in [1.82, 2.24) is 4.98 Å². The number of aromatic nitrogens is 1. The molecule has 2 aromatic carbocycles. The van der Waals surface area contributed by atoms with Crippen LogP contribution in [0, 0.1) is 0 Å². The summed E-state index contributed by atoms with van der Waals surface area (Å²) in [5.41, 5.74) is 2.21. The van der Waals surface area contributed by atoms with Gasteiger partial charge in [-0.25, -0.2) is 4.98 Å². The fraction of sp³-hybridized carbons (Fsp3) is 0.250. The summed E-state index contributed by atoms with van der Waals surface area (Å²) in [5.74, 6) is 1.23. The Bertz CT molecular complexity index is 744. The molecular formula is C20H19NOS2. The topological polar surface area (TPSA) is 36.0 Å². The van der Waals surface area contributed by atoms with Gasteiger partial charge >= 0.3 is 0 Å². The fourth-order valence-corrected chi connectivity index (χ4v) is 5.79. The molecule has 1 atom stereocenters. The van der Waals surface area contributed by atoms with Crippen molar-refractivity contribution < 1.29 is 4.55 Å². The Hall–Kier alpha value is -1.62. The van der Waals surface area contributed by atoms with Crippen molar-refractivity contribution in [3.63, 3.8) is 0 Å². The summed E-state index contributed by atoms with van der Waals surface area (Å²) >= 11 is 0.716. The lowest BCUT2D eigenvalue weighted by Crippen LogP contribution is -2.16. The predicted octanol–water partition coefficient (Wildman–Crippen LogP) is 5.06. The molecule has 1 aliphatic rings. The van der Waals surface area contributed by atoms with Crippen molar-refractivity contribution in [2.24, 2.45) is 0 Å². The highest BCUT2D eigenvalue weighted by Gasteiger charge is 2.30. The van der Waals surface area contributed by atoms with Crippen LogP contribution >= 0.6 is 11.3 Å². The van der Waals surface area contributed by atoms with E-state index < -0.39 is 11.2 Å². The molecule has 1 heterocycles. The van der Waals surface area contributed by atoms with Crippen LogP contribution in [0.4, 0.5) is 0 Å². The van der Waals surface area contributed by atoms with Gasteiger partial charge < -0.3 is 4.55 Å². The van der Waals surface area contributed by atoms with Crippen LogP contribution in [0.2, 0.25) is 0 Å². The molecule has 3 aromatic rings. The van der Waals surface area contributed by atoms with Crippen molar-refractivity contribution in [3.8, 4) is 0 Å². The summed E-state index contributed by atoms with van der Waals surface area (Å²) in [6.07, 6.45) is 4.43. The van der Waals surface area contributed by atoms with Gasteiger partial charge in [-0.05, 0) is 24.0 Å². The minimum Gasteiger partial charge on any atom is -0.615 e. The van der Waals surface area contributed by atoms with E-state index >= 15 is 0 Å². The van der Waals surface area contributed by atoms with E-state index in [4.69, 9.17) is 0 Å². The van der Waals surface area contributed by atoms with Gasteiger partial charge in [0.15, 0.2) is 5.25 Å². The van der Waals surface area contributed by atoms with E-state index in [1.807, 2.05) is 42.6 Å². The summed E-state index contributed by atoms with van der Waals surface area (Å²) < 4.78 is 13.2. The van der Waals surface area contributed by atoms with Crippen molar-refractivity contribution in [2.75, 3.05) is 0 Å². The maximum absolute atomic E-state index is 13.2. The molecule has 1 saturated carbocycles. The molecule has 0 aliphatic heterocycles. The fourth-order valence-electron chi connectivity index (χ4n) is 2.88. The van der Waals surface area contributed by atoms with Gasteiger partial charge in [-0.1, -0.05) is 60.7 Å². The molecule has 0 amide bonds. The lowest BCUT2D eigenvalue weighted by atomic mass is 10.0. The summed E-state index contributed by atoms with van der Waals surface area (Å²) in [6, 6.07) is 20.3. The van der Waals surface area contributed by atoms with Gasteiger partial charge in [0.2, 0.25) is 0 Å². The molecule has 0 radical (unpaired) electrons. The Morgan fingerprint density at radius 2 is 1.58 bits per heavy atom. The summed E-state index contributed by atoms with van der Waals surface area (Å²) in [7, 11) is 0. The van der Waals surface area contributed by atoms with Gasteiger partial charge in [0, 0.05) is 23.2 Å². The smallest absolute Gasteiger partial charge is 0.166 e. The Labute approximate surface area is 149 Å². The van der Waals surface area contributed by atoms with Crippen LogP contribution in [0.25, 0.3) is 0 Å². The number of benzene rings is 2. The quantitative estimate of drug-likeness (QED) is 0.581. The number of thiazole rings is 1.